The molecule has 0 saturated carbocycles. The van der Waals surface area contributed by atoms with Gasteiger partial charge in [0.15, 0.2) is 11.1 Å². The molecule has 0 amide bonds. The molecule has 0 bridgehead atoms. The number of pyridine rings is 1. The molecule has 90 valence electrons. The van der Waals surface area contributed by atoms with Gasteiger partial charge in [-0.2, -0.15) is 0 Å². The molecule has 2 aromatic carbocycles. The van der Waals surface area contributed by atoms with Crippen molar-refractivity contribution in [1.82, 2.24) is 4.98 Å². The molecule has 3 aromatic rings. The van der Waals surface area contributed by atoms with Crippen molar-refractivity contribution in [2.24, 2.45) is 0 Å². The van der Waals surface area contributed by atoms with Crippen LogP contribution in [0.25, 0.3) is 21.7 Å². The van der Waals surface area contributed by atoms with Crippen LogP contribution in [0.3, 0.4) is 0 Å². The van der Waals surface area contributed by atoms with Gasteiger partial charge >= 0.3 is 0 Å². The molecular weight excluding hydrogens is 246 g/mol. The first kappa shape index (κ1) is 11.3. The van der Waals surface area contributed by atoms with Gasteiger partial charge < -0.3 is 4.55 Å². The quantitative estimate of drug-likeness (QED) is 0.567. The van der Waals surface area contributed by atoms with Crippen molar-refractivity contribution in [3.8, 4) is 0 Å². The summed E-state index contributed by atoms with van der Waals surface area (Å²) < 4.78 is 20.1. The third kappa shape index (κ3) is 1.89. The van der Waals surface area contributed by atoms with Crippen molar-refractivity contribution in [3.63, 3.8) is 0 Å². The molecule has 0 aliphatic rings. The lowest BCUT2D eigenvalue weighted by molar-refractivity contribution is 0.563. The average molecular weight is 257 g/mol. The second-order valence-electron chi connectivity index (χ2n) is 4.09. The van der Waals surface area contributed by atoms with E-state index < -0.39 is 11.1 Å². The van der Waals surface area contributed by atoms with Crippen LogP contribution < -0.4 is 0 Å². The fourth-order valence-corrected chi connectivity index (χ4v) is 2.66. The Bertz CT molecular complexity index is 755. The summed E-state index contributed by atoms with van der Waals surface area (Å²) in [5.74, 6) is 0.0609. The third-order valence-electron chi connectivity index (χ3n) is 2.95. The maximum atomic E-state index is 11.0. The SMILES string of the molecule is O=S(O)Cc1nc2ccccc2c2ccccc12. The van der Waals surface area contributed by atoms with Gasteiger partial charge in [-0.3, -0.25) is 4.98 Å². The fourth-order valence-electron chi connectivity index (χ4n) is 2.20. The zero-order valence-corrected chi connectivity index (χ0v) is 10.4. The predicted molar refractivity (Wildman–Crippen MR) is 73.7 cm³/mol. The van der Waals surface area contributed by atoms with Gasteiger partial charge in [-0.25, -0.2) is 4.21 Å². The summed E-state index contributed by atoms with van der Waals surface area (Å²) in [5.41, 5.74) is 1.53. The van der Waals surface area contributed by atoms with E-state index in [1.807, 2.05) is 48.5 Å². The smallest absolute Gasteiger partial charge is 0.158 e. The lowest BCUT2D eigenvalue weighted by Crippen LogP contribution is -1.98. The molecule has 0 aliphatic carbocycles. The molecule has 3 rings (SSSR count). The van der Waals surface area contributed by atoms with Crippen LogP contribution in [0, 0.1) is 0 Å². The van der Waals surface area contributed by atoms with Crippen molar-refractivity contribution in [3.05, 3.63) is 54.2 Å². The Morgan fingerprint density at radius 1 is 0.944 bits per heavy atom. The van der Waals surface area contributed by atoms with E-state index in [1.165, 1.54) is 0 Å². The molecule has 4 heteroatoms. The van der Waals surface area contributed by atoms with E-state index in [2.05, 4.69) is 4.98 Å². The number of hydrogen-bond donors (Lipinski definition) is 1. The van der Waals surface area contributed by atoms with Crippen LogP contribution in [0.2, 0.25) is 0 Å². The van der Waals surface area contributed by atoms with Gasteiger partial charge in [0.2, 0.25) is 0 Å². The highest BCUT2D eigenvalue weighted by Gasteiger charge is 2.09. The zero-order chi connectivity index (χ0) is 12.5. The van der Waals surface area contributed by atoms with Gasteiger partial charge in [0.05, 0.1) is 17.0 Å². The van der Waals surface area contributed by atoms with E-state index in [0.717, 1.165) is 21.7 Å². The Labute approximate surface area is 107 Å². The topological polar surface area (TPSA) is 50.2 Å². The molecule has 0 fully saturated rings. The monoisotopic (exact) mass is 257 g/mol. The molecule has 1 unspecified atom stereocenters. The van der Waals surface area contributed by atoms with E-state index in [-0.39, 0.29) is 5.75 Å². The number of hydrogen-bond acceptors (Lipinski definition) is 2. The lowest BCUT2D eigenvalue weighted by Gasteiger charge is -2.07. The Balaban J connectivity index is 2.42. The lowest BCUT2D eigenvalue weighted by atomic mass is 10.0. The van der Waals surface area contributed by atoms with Gasteiger partial charge in [0, 0.05) is 10.8 Å². The first-order valence-corrected chi connectivity index (χ1v) is 6.87. The molecule has 18 heavy (non-hydrogen) atoms. The number of aromatic nitrogens is 1. The third-order valence-corrected chi connectivity index (χ3v) is 3.47. The Hall–Kier alpha value is -1.78. The molecular formula is C14H11NO2S. The average Bonchev–Trinajstić information content (AvgIpc) is 2.38. The number of benzene rings is 2. The number of fused-ring (bicyclic) bond motifs is 3. The summed E-state index contributed by atoms with van der Waals surface area (Å²) in [7, 11) is 0. The summed E-state index contributed by atoms with van der Waals surface area (Å²) in [6.07, 6.45) is 0. The Kier molecular flexibility index (Phi) is 2.81. The van der Waals surface area contributed by atoms with E-state index in [4.69, 9.17) is 4.55 Å². The van der Waals surface area contributed by atoms with Crippen molar-refractivity contribution >= 4 is 32.8 Å². The molecule has 1 N–H and O–H groups in total. The molecule has 1 aromatic heterocycles. The maximum absolute atomic E-state index is 11.0. The first-order valence-electron chi connectivity index (χ1n) is 5.59. The fraction of sp³-hybridized carbons (Fsp3) is 0.0714. The minimum atomic E-state index is -1.88. The summed E-state index contributed by atoms with van der Waals surface area (Å²) in [5, 5.41) is 3.09. The number of nitrogens with zero attached hydrogens (tertiary/aromatic N) is 1. The van der Waals surface area contributed by atoms with Crippen molar-refractivity contribution in [1.29, 1.82) is 0 Å². The van der Waals surface area contributed by atoms with Crippen molar-refractivity contribution in [2.45, 2.75) is 5.75 Å². The van der Waals surface area contributed by atoms with Crippen LogP contribution in [0.15, 0.2) is 48.5 Å². The predicted octanol–water partition coefficient (Wildman–Crippen LogP) is 3.11. The van der Waals surface area contributed by atoms with E-state index >= 15 is 0 Å². The zero-order valence-electron chi connectivity index (χ0n) is 9.54. The van der Waals surface area contributed by atoms with Crippen LogP contribution >= 0.6 is 0 Å². The van der Waals surface area contributed by atoms with Gasteiger partial charge in [-0.05, 0) is 11.5 Å². The van der Waals surface area contributed by atoms with Gasteiger partial charge in [0.1, 0.15) is 0 Å². The maximum Gasteiger partial charge on any atom is 0.158 e. The summed E-state index contributed by atoms with van der Waals surface area (Å²) in [6, 6.07) is 15.7. The van der Waals surface area contributed by atoms with Gasteiger partial charge in [0.25, 0.3) is 0 Å². The summed E-state index contributed by atoms with van der Waals surface area (Å²) in [4.78, 5) is 4.49. The van der Waals surface area contributed by atoms with Crippen molar-refractivity contribution in [2.75, 3.05) is 0 Å². The number of rotatable bonds is 2. The highest BCUT2D eigenvalue weighted by atomic mass is 32.2. The highest BCUT2D eigenvalue weighted by Crippen LogP contribution is 2.26. The normalized spacial score (nSPS) is 12.9. The first-order chi connectivity index (χ1) is 8.75. The van der Waals surface area contributed by atoms with E-state index in [0.29, 0.717) is 5.69 Å². The summed E-state index contributed by atoms with van der Waals surface area (Å²) >= 11 is -1.88. The van der Waals surface area contributed by atoms with Crippen LogP contribution in [0.1, 0.15) is 5.69 Å². The largest absolute Gasteiger partial charge is 0.306 e. The summed E-state index contributed by atoms with van der Waals surface area (Å²) in [6.45, 7) is 0. The molecule has 0 radical (unpaired) electrons. The highest BCUT2D eigenvalue weighted by molar-refractivity contribution is 7.78. The second-order valence-corrected chi connectivity index (χ2v) is 5.02. The molecule has 1 atom stereocenters. The van der Waals surface area contributed by atoms with Crippen LogP contribution in [0.5, 0.6) is 0 Å². The van der Waals surface area contributed by atoms with Crippen LogP contribution in [-0.2, 0) is 16.8 Å². The number of para-hydroxylation sites is 1. The molecule has 0 spiro atoms. The minimum Gasteiger partial charge on any atom is -0.306 e. The molecule has 0 saturated heterocycles. The van der Waals surface area contributed by atoms with E-state index in [1.54, 1.807) is 0 Å². The molecule has 0 aliphatic heterocycles. The van der Waals surface area contributed by atoms with Gasteiger partial charge in [-0.15, -0.1) is 0 Å². The van der Waals surface area contributed by atoms with Crippen LogP contribution in [-0.4, -0.2) is 13.7 Å². The Morgan fingerprint density at radius 3 is 2.28 bits per heavy atom. The van der Waals surface area contributed by atoms with E-state index in [9.17, 15) is 4.21 Å². The molecule has 1 heterocycles. The van der Waals surface area contributed by atoms with Crippen molar-refractivity contribution < 1.29 is 8.76 Å². The molecule has 3 nitrogen and oxygen atoms in total. The minimum absolute atomic E-state index is 0.0609. The van der Waals surface area contributed by atoms with Gasteiger partial charge in [-0.1, -0.05) is 42.5 Å². The van der Waals surface area contributed by atoms with Crippen LogP contribution in [0.4, 0.5) is 0 Å². The second kappa shape index (κ2) is 4.48. The Morgan fingerprint density at radius 2 is 1.56 bits per heavy atom. The standard InChI is InChI=1S/C14H11NO2S/c16-18(17)9-14-12-7-2-1-5-10(12)11-6-3-4-8-13(11)15-14/h1-8H,9H2,(H,16,17).